The largest absolute Gasteiger partial charge is 0.311 e. The topological polar surface area (TPSA) is 9.72 Å². The number of para-hydroxylation sites is 2. The second-order valence-electron chi connectivity index (χ2n) is 15.1. The molecule has 0 N–H and O–H groups in total. The molecule has 0 saturated carbocycles. The van der Waals surface area contributed by atoms with Gasteiger partial charge in [0.15, 0.2) is 0 Å². The van der Waals surface area contributed by atoms with Crippen molar-refractivity contribution in [2.45, 2.75) is 13.8 Å². The third-order valence-electron chi connectivity index (χ3n) is 11.6. The second-order valence-corrected chi connectivity index (χ2v) is 15.1. The van der Waals surface area contributed by atoms with E-state index < -0.39 is 0 Å². The lowest BCUT2D eigenvalue weighted by Gasteiger charge is -2.44. The zero-order valence-electron chi connectivity index (χ0n) is 32.3. The molecule has 11 rings (SSSR count). The van der Waals surface area contributed by atoms with Gasteiger partial charge in [-0.05, 0) is 119 Å². The van der Waals surface area contributed by atoms with E-state index in [1.54, 1.807) is 0 Å². The standard InChI is InChI=1S/C52H38BN3/c1-35-24-27-40(28-25-35)55-47-31-26-36(2)32-46(47)53-45-30-29-41(34-51(45)56(39-17-7-4-8-18-39)49-23-13-22-48(55)52(49)53)54(38-15-5-3-6-16-38)50-33-37-14-9-10-19-42(37)43-20-11-12-21-44(43)50/h3-34H,1-2H3/i13D. The van der Waals surface area contributed by atoms with Crippen LogP contribution in [0.3, 0.4) is 0 Å². The molecule has 0 spiro atoms. The highest BCUT2D eigenvalue weighted by molar-refractivity contribution is 7.00. The van der Waals surface area contributed by atoms with E-state index in [9.17, 15) is 1.37 Å². The van der Waals surface area contributed by atoms with Gasteiger partial charge in [-0.1, -0.05) is 132 Å². The van der Waals surface area contributed by atoms with Crippen molar-refractivity contribution in [2.75, 3.05) is 14.7 Å². The molecule has 0 fully saturated rings. The molecule has 2 heterocycles. The van der Waals surface area contributed by atoms with Crippen molar-refractivity contribution < 1.29 is 1.37 Å². The van der Waals surface area contributed by atoms with E-state index in [-0.39, 0.29) is 6.71 Å². The zero-order chi connectivity index (χ0) is 38.2. The molecule has 2 aliphatic heterocycles. The fraction of sp³-hybridized carbons (Fsp3) is 0.0385. The Morgan fingerprint density at radius 1 is 0.446 bits per heavy atom. The lowest BCUT2D eigenvalue weighted by molar-refractivity contribution is 1.24. The molecule has 9 aromatic rings. The van der Waals surface area contributed by atoms with Crippen LogP contribution in [0.4, 0.5) is 51.2 Å². The predicted octanol–water partition coefficient (Wildman–Crippen LogP) is 12.2. The van der Waals surface area contributed by atoms with Gasteiger partial charge in [0, 0.05) is 50.9 Å². The summed E-state index contributed by atoms with van der Waals surface area (Å²) < 4.78 is 9.33. The molecule has 56 heavy (non-hydrogen) atoms. The minimum absolute atomic E-state index is 0.0390. The minimum Gasteiger partial charge on any atom is -0.311 e. The molecule has 0 amide bonds. The number of aryl methyl sites for hydroxylation is 2. The monoisotopic (exact) mass is 716 g/mol. The Morgan fingerprint density at radius 2 is 1.07 bits per heavy atom. The molecule has 4 heteroatoms. The van der Waals surface area contributed by atoms with Crippen molar-refractivity contribution in [3.8, 4) is 0 Å². The Labute approximate surface area is 329 Å². The number of anilines is 9. The van der Waals surface area contributed by atoms with Crippen molar-refractivity contribution in [2.24, 2.45) is 0 Å². The average molecular weight is 717 g/mol. The quantitative estimate of drug-likeness (QED) is 0.130. The third kappa shape index (κ3) is 4.99. The summed E-state index contributed by atoms with van der Waals surface area (Å²) in [6, 6.07) is 68.4. The Balaban J connectivity index is 1.20. The summed E-state index contributed by atoms with van der Waals surface area (Å²) in [5.41, 5.74) is 15.9. The molecule has 0 radical (unpaired) electrons. The van der Waals surface area contributed by atoms with E-state index in [0.29, 0.717) is 6.04 Å². The van der Waals surface area contributed by atoms with Crippen molar-refractivity contribution in [1.82, 2.24) is 0 Å². The maximum Gasteiger partial charge on any atom is 0.252 e. The summed E-state index contributed by atoms with van der Waals surface area (Å²) in [6.45, 7) is 4.28. The fourth-order valence-electron chi connectivity index (χ4n) is 9.16. The number of nitrogens with zero attached hydrogens (tertiary/aromatic N) is 3. The van der Waals surface area contributed by atoms with Crippen LogP contribution in [0, 0.1) is 13.8 Å². The molecule has 9 aromatic carbocycles. The van der Waals surface area contributed by atoms with Gasteiger partial charge in [0.1, 0.15) is 0 Å². The van der Waals surface area contributed by atoms with Crippen LogP contribution in [-0.4, -0.2) is 6.71 Å². The normalized spacial score (nSPS) is 13.0. The molecule has 2 aliphatic rings. The van der Waals surface area contributed by atoms with Gasteiger partial charge in [-0.2, -0.15) is 0 Å². The van der Waals surface area contributed by atoms with Crippen LogP contribution in [0.15, 0.2) is 194 Å². The SMILES string of the molecule is [2H]c1cc2c3c(c1)N(c1ccccc1)c1cc(N(c4ccccc4)c4cc5ccccc5c5ccccc45)ccc1B3c1cc(C)ccc1N2c1ccc(C)cc1. The van der Waals surface area contributed by atoms with Crippen LogP contribution < -0.4 is 31.1 Å². The van der Waals surface area contributed by atoms with Gasteiger partial charge in [-0.3, -0.25) is 0 Å². The van der Waals surface area contributed by atoms with Crippen LogP contribution in [0.1, 0.15) is 12.5 Å². The Bertz CT molecular complexity index is 3020. The molecular weight excluding hydrogens is 677 g/mol. The highest BCUT2D eigenvalue weighted by atomic mass is 15.2. The van der Waals surface area contributed by atoms with Crippen LogP contribution in [-0.2, 0) is 0 Å². The summed E-state index contributed by atoms with van der Waals surface area (Å²) in [5.74, 6) is 0. The van der Waals surface area contributed by atoms with Gasteiger partial charge in [-0.25, -0.2) is 0 Å². The summed E-state index contributed by atoms with van der Waals surface area (Å²) in [5, 5.41) is 4.87. The van der Waals surface area contributed by atoms with E-state index in [4.69, 9.17) is 0 Å². The van der Waals surface area contributed by atoms with Crippen molar-refractivity contribution in [1.29, 1.82) is 0 Å². The molecule has 0 bridgehead atoms. The highest BCUT2D eigenvalue weighted by Crippen LogP contribution is 2.47. The molecule has 0 aromatic heterocycles. The average Bonchev–Trinajstić information content (AvgIpc) is 3.25. The first-order valence-corrected chi connectivity index (χ1v) is 19.4. The first kappa shape index (κ1) is 31.3. The smallest absolute Gasteiger partial charge is 0.252 e. The van der Waals surface area contributed by atoms with E-state index in [0.717, 1.165) is 51.2 Å². The number of hydrogen-bond donors (Lipinski definition) is 0. The summed E-state index contributed by atoms with van der Waals surface area (Å²) >= 11 is 0. The highest BCUT2D eigenvalue weighted by Gasteiger charge is 2.43. The van der Waals surface area contributed by atoms with Crippen LogP contribution in [0.2, 0.25) is 0 Å². The molecule has 0 aliphatic carbocycles. The van der Waals surface area contributed by atoms with E-state index in [1.165, 1.54) is 49.1 Å². The third-order valence-corrected chi connectivity index (χ3v) is 11.6. The molecule has 0 saturated heterocycles. The van der Waals surface area contributed by atoms with Crippen LogP contribution in [0.5, 0.6) is 0 Å². The fourth-order valence-corrected chi connectivity index (χ4v) is 9.16. The summed E-state index contributed by atoms with van der Waals surface area (Å²) in [6.07, 6.45) is 0. The number of hydrogen-bond acceptors (Lipinski definition) is 3. The van der Waals surface area contributed by atoms with Gasteiger partial charge in [0.05, 0.1) is 7.06 Å². The van der Waals surface area contributed by atoms with E-state index >= 15 is 0 Å². The van der Waals surface area contributed by atoms with E-state index in [1.807, 2.05) is 0 Å². The Morgan fingerprint density at radius 3 is 1.84 bits per heavy atom. The summed E-state index contributed by atoms with van der Waals surface area (Å²) in [7, 11) is 0. The van der Waals surface area contributed by atoms with Gasteiger partial charge >= 0.3 is 0 Å². The zero-order valence-corrected chi connectivity index (χ0v) is 31.3. The van der Waals surface area contributed by atoms with Crippen molar-refractivity contribution in [3.63, 3.8) is 0 Å². The van der Waals surface area contributed by atoms with Gasteiger partial charge in [0.25, 0.3) is 6.71 Å². The maximum atomic E-state index is 9.33. The maximum absolute atomic E-state index is 9.33. The lowest BCUT2D eigenvalue weighted by Crippen LogP contribution is -2.61. The van der Waals surface area contributed by atoms with Gasteiger partial charge in [-0.15, -0.1) is 0 Å². The minimum atomic E-state index is -0.0390. The van der Waals surface area contributed by atoms with Crippen LogP contribution >= 0.6 is 0 Å². The number of rotatable bonds is 5. The predicted molar refractivity (Wildman–Crippen MR) is 240 cm³/mol. The molecule has 3 nitrogen and oxygen atoms in total. The van der Waals surface area contributed by atoms with Crippen molar-refractivity contribution in [3.05, 3.63) is 205 Å². The van der Waals surface area contributed by atoms with Gasteiger partial charge < -0.3 is 14.7 Å². The number of benzene rings is 9. The molecule has 0 atom stereocenters. The molecule has 264 valence electrons. The molecule has 0 unspecified atom stereocenters. The summed E-state index contributed by atoms with van der Waals surface area (Å²) in [4.78, 5) is 7.17. The van der Waals surface area contributed by atoms with E-state index in [2.05, 4.69) is 217 Å². The lowest BCUT2D eigenvalue weighted by atomic mass is 9.33. The Kier molecular flexibility index (Phi) is 7.15. The molecular formula is C52H38BN3. The second kappa shape index (κ2) is 12.8. The number of fused-ring (bicyclic) bond motifs is 7. The Hall–Kier alpha value is -7.04. The van der Waals surface area contributed by atoms with Crippen LogP contribution in [0.25, 0.3) is 21.5 Å². The first-order valence-electron chi connectivity index (χ1n) is 19.9. The van der Waals surface area contributed by atoms with Crippen molar-refractivity contribution >= 4 is 95.8 Å². The van der Waals surface area contributed by atoms with Gasteiger partial charge in [0.2, 0.25) is 0 Å². The first-order chi connectivity index (χ1) is 28.0.